The monoisotopic (exact) mass is 278 g/mol. The van der Waals surface area contributed by atoms with Gasteiger partial charge in [0.25, 0.3) is 0 Å². The first-order valence-corrected chi connectivity index (χ1v) is 7.64. The summed E-state index contributed by atoms with van der Waals surface area (Å²) in [5.74, 6) is 0.216. The molecule has 0 bridgehead atoms. The predicted octanol–water partition coefficient (Wildman–Crippen LogP) is 1.25. The molecule has 5 nitrogen and oxygen atoms in total. The van der Waals surface area contributed by atoms with Crippen LogP contribution in [0.1, 0.15) is 38.3 Å². The van der Waals surface area contributed by atoms with Crippen molar-refractivity contribution >= 4 is 5.91 Å². The highest BCUT2D eigenvalue weighted by molar-refractivity contribution is 5.83. The minimum atomic E-state index is -0.195. The molecule has 1 amide bonds. The summed E-state index contributed by atoms with van der Waals surface area (Å²) in [6.45, 7) is 4.69. The first kappa shape index (κ1) is 15.0. The molecular formula is C15H26N4O. The molecule has 2 heterocycles. The average Bonchev–Trinajstić information content (AvgIpc) is 2.86. The second kappa shape index (κ2) is 6.88. The number of carbonyl (C=O) groups excluding carboxylic acids is 1. The van der Waals surface area contributed by atoms with Crippen molar-refractivity contribution in [1.29, 1.82) is 0 Å². The lowest BCUT2D eigenvalue weighted by Crippen LogP contribution is -2.50. The van der Waals surface area contributed by atoms with Crippen molar-refractivity contribution in [3.63, 3.8) is 0 Å². The summed E-state index contributed by atoms with van der Waals surface area (Å²) in [5, 5.41) is 10.6. The van der Waals surface area contributed by atoms with Gasteiger partial charge in [0, 0.05) is 38.4 Å². The second-order valence-electron chi connectivity index (χ2n) is 5.76. The minimum absolute atomic E-state index is 0.195. The zero-order chi connectivity index (χ0) is 14.4. The number of hydrogen-bond acceptors (Lipinski definition) is 3. The Labute approximate surface area is 121 Å². The van der Waals surface area contributed by atoms with Crippen LogP contribution in [0.3, 0.4) is 0 Å². The number of aryl methyl sites for hydroxylation is 1. The Kier molecular flexibility index (Phi) is 5.17. The number of rotatable bonds is 6. The molecular weight excluding hydrogens is 252 g/mol. The summed E-state index contributed by atoms with van der Waals surface area (Å²) in [6, 6.07) is 2.00. The molecule has 0 radical (unpaired) electrons. The van der Waals surface area contributed by atoms with Crippen molar-refractivity contribution in [2.75, 3.05) is 19.6 Å². The number of carbonyl (C=O) groups is 1. The molecule has 2 rings (SSSR count). The Bertz CT molecular complexity index is 429. The second-order valence-corrected chi connectivity index (χ2v) is 5.76. The number of piperidine rings is 1. The molecule has 2 N–H and O–H groups in total. The van der Waals surface area contributed by atoms with E-state index in [4.69, 9.17) is 0 Å². The standard InChI is InChI=1S/C15H26N4O/c1-3-7-15(8-4-9-16-12-15)14(20)17-10-5-13-6-11-18-19(13)2/h6,11,16H,3-5,7-10,12H2,1-2H3,(H,17,20). The van der Waals surface area contributed by atoms with E-state index in [0.717, 1.165) is 50.9 Å². The maximum absolute atomic E-state index is 12.5. The Morgan fingerprint density at radius 2 is 2.45 bits per heavy atom. The van der Waals surface area contributed by atoms with Crippen LogP contribution in [-0.2, 0) is 18.3 Å². The Morgan fingerprint density at radius 1 is 1.60 bits per heavy atom. The normalized spacial score (nSPS) is 22.7. The fourth-order valence-electron chi connectivity index (χ4n) is 3.11. The fraction of sp³-hybridized carbons (Fsp3) is 0.733. The maximum Gasteiger partial charge on any atom is 0.227 e. The summed E-state index contributed by atoms with van der Waals surface area (Å²) in [5.41, 5.74) is 0.955. The topological polar surface area (TPSA) is 59.0 Å². The molecule has 1 aliphatic heterocycles. The van der Waals surface area contributed by atoms with Crippen molar-refractivity contribution in [2.45, 2.75) is 39.0 Å². The fourth-order valence-corrected chi connectivity index (χ4v) is 3.11. The third-order valence-corrected chi connectivity index (χ3v) is 4.27. The zero-order valence-corrected chi connectivity index (χ0v) is 12.6. The molecule has 5 heteroatoms. The van der Waals surface area contributed by atoms with Crippen molar-refractivity contribution in [2.24, 2.45) is 12.5 Å². The van der Waals surface area contributed by atoms with Crippen LogP contribution in [0.5, 0.6) is 0 Å². The van der Waals surface area contributed by atoms with E-state index in [0.29, 0.717) is 6.54 Å². The van der Waals surface area contributed by atoms with Crippen LogP contribution >= 0.6 is 0 Å². The van der Waals surface area contributed by atoms with E-state index >= 15 is 0 Å². The molecule has 0 aliphatic carbocycles. The summed E-state index contributed by atoms with van der Waals surface area (Å²) in [6.07, 6.45) is 6.74. The van der Waals surface area contributed by atoms with E-state index in [9.17, 15) is 4.79 Å². The van der Waals surface area contributed by atoms with E-state index in [1.54, 1.807) is 6.20 Å². The summed E-state index contributed by atoms with van der Waals surface area (Å²) in [7, 11) is 1.93. The molecule has 1 saturated heterocycles. The van der Waals surface area contributed by atoms with Crippen LogP contribution in [0.4, 0.5) is 0 Å². The lowest BCUT2D eigenvalue weighted by molar-refractivity contribution is -0.132. The molecule has 0 saturated carbocycles. The molecule has 1 fully saturated rings. The molecule has 0 spiro atoms. The van der Waals surface area contributed by atoms with Gasteiger partial charge in [-0.15, -0.1) is 0 Å². The highest BCUT2D eigenvalue weighted by Crippen LogP contribution is 2.31. The van der Waals surface area contributed by atoms with Crippen LogP contribution in [0, 0.1) is 5.41 Å². The Balaban J connectivity index is 1.87. The number of hydrogen-bond donors (Lipinski definition) is 2. The SMILES string of the molecule is CCCC1(C(=O)NCCc2ccnn2C)CCCNC1. The van der Waals surface area contributed by atoms with Gasteiger partial charge in [-0.1, -0.05) is 13.3 Å². The smallest absolute Gasteiger partial charge is 0.227 e. The quantitative estimate of drug-likeness (QED) is 0.823. The number of nitrogens with one attached hydrogen (secondary N) is 2. The molecule has 1 aromatic rings. The maximum atomic E-state index is 12.5. The molecule has 0 aromatic carbocycles. The first-order valence-electron chi connectivity index (χ1n) is 7.64. The van der Waals surface area contributed by atoms with Crippen LogP contribution in [0.2, 0.25) is 0 Å². The highest BCUT2D eigenvalue weighted by atomic mass is 16.2. The van der Waals surface area contributed by atoms with Crippen LogP contribution in [-0.4, -0.2) is 35.3 Å². The summed E-state index contributed by atoms with van der Waals surface area (Å²) < 4.78 is 1.86. The van der Waals surface area contributed by atoms with Gasteiger partial charge in [0.15, 0.2) is 0 Å². The number of amides is 1. The van der Waals surface area contributed by atoms with Gasteiger partial charge >= 0.3 is 0 Å². The number of nitrogens with zero attached hydrogens (tertiary/aromatic N) is 2. The van der Waals surface area contributed by atoms with Crippen molar-refractivity contribution in [1.82, 2.24) is 20.4 Å². The van der Waals surface area contributed by atoms with Gasteiger partial charge in [0.05, 0.1) is 5.41 Å². The molecule has 20 heavy (non-hydrogen) atoms. The van der Waals surface area contributed by atoms with Gasteiger partial charge in [-0.05, 0) is 31.9 Å². The minimum Gasteiger partial charge on any atom is -0.355 e. The van der Waals surface area contributed by atoms with Gasteiger partial charge in [-0.3, -0.25) is 9.48 Å². The third-order valence-electron chi connectivity index (χ3n) is 4.27. The van der Waals surface area contributed by atoms with Gasteiger partial charge in [-0.2, -0.15) is 5.10 Å². The van der Waals surface area contributed by atoms with Crippen LogP contribution < -0.4 is 10.6 Å². The van der Waals surface area contributed by atoms with Gasteiger partial charge in [-0.25, -0.2) is 0 Å². The van der Waals surface area contributed by atoms with Crippen LogP contribution in [0.25, 0.3) is 0 Å². The van der Waals surface area contributed by atoms with E-state index in [1.807, 2.05) is 17.8 Å². The van der Waals surface area contributed by atoms with Gasteiger partial charge in [0.1, 0.15) is 0 Å². The van der Waals surface area contributed by atoms with Gasteiger partial charge < -0.3 is 10.6 Å². The Morgan fingerprint density at radius 3 is 3.05 bits per heavy atom. The average molecular weight is 278 g/mol. The molecule has 112 valence electrons. The van der Waals surface area contributed by atoms with Crippen molar-refractivity contribution < 1.29 is 4.79 Å². The van der Waals surface area contributed by atoms with E-state index in [1.165, 1.54) is 0 Å². The van der Waals surface area contributed by atoms with Crippen molar-refractivity contribution in [3.05, 3.63) is 18.0 Å². The summed E-state index contributed by atoms with van der Waals surface area (Å²) in [4.78, 5) is 12.5. The first-order chi connectivity index (χ1) is 9.68. The van der Waals surface area contributed by atoms with E-state index in [2.05, 4.69) is 22.7 Å². The highest BCUT2D eigenvalue weighted by Gasteiger charge is 2.38. The molecule has 1 aromatic heterocycles. The summed E-state index contributed by atoms with van der Waals surface area (Å²) >= 11 is 0. The van der Waals surface area contributed by atoms with Crippen LogP contribution in [0.15, 0.2) is 12.3 Å². The lowest BCUT2D eigenvalue weighted by atomic mass is 9.76. The third kappa shape index (κ3) is 3.39. The van der Waals surface area contributed by atoms with E-state index < -0.39 is 0 Å². The largest absolute Gasteiger partial charge is 0.355 e. The lowest BCUT2D eigenvalue weighted by Gasteiger charge is -2.36. The molecule has 1 unspecified atom stereocenters. The zero-order valence-electron chi connectivity index (χ0n) is 12.6. The van der Waals surface area contributed by atoms with Gasteiger partial charge in [0.2, 0.25) is 5.91 Å². The van der Waals surface area contributed by atoms with Crippen molar-refractivity contribution in [3.8, 4) is 0 Å². The molecule has 1 aliphatic rings. The Hall–Kier alpha value is -1.36. The number of aromatic nitrogens is 2. The van der Waals surface area contributed by atoms with E-state index in [-0.39, 0.29) is 11.3 Å². The predicted molar refractivity (Wildman–Crippen MR) is 79.4 cm³/mol. The molecule has 1 atom stereocenters.